The van der Waals surface area contributed by atoms with Gasteiger partial charge in [0.2, 0.25) is 0 Å². The summed E-state index contributed by atoms with van der Waals surface area (Å²) in [6, 6.07) is 0. The molecular formula is C2H11Na4O4P. The van der Waals surface area contributed by atoms with E-state index in [2.05, 4.69) is 4.52 Å². The number of hydrogen-bond acceptors (Lipinski definition) is 2. The van der Waals surface area contributed by atoms with Crippen molar-refractivity contribution < 1.29 is 18.9 Å². The van der Waals surface area contributed by atoms with Crippen LogP contribution in [0.4, 0.5) is 0 Å². The summed E-state index contributed by atoms with van der Waals surface area (Å²) < 4.78 is 13.6. The summed E-state index contributed by atoms with van der Waals surface area (Å²) in [5.41, 5.74) is 0. The van der Waals surface area contributed by atoms with Gasteiger partial charge in [0.1, 0.15) is 0 Å². The van der Waals surface area contributed by atoms with Crippen molar-refractivity contribution in [1.29, 1.82) is 0 Å². The Morgan fingerprint density at radius 3 is 1.45 bits per heavy atom. The Morgan fingerprint density at radius 2 is 1.45 bits per heavy atom. The second-order valence-corrected chi connectivity index (χ2v) is 2.15. The quantitative estimate of drug-likeness (QED) is 0.401. The van der Waals surface area contributed by atoms with Crippen LogP contribution in [0.3, 0.4) is 0 Å². The Morgan fingerprint density at radius 1 is 1.18 bits per heavy atom. The molecule has 0 rings (SSSR count). The first-order chi connectivity index (χ1) is 3.06. The maximum absolute atomic E-state index is 9.70. The zero-order valence-corrected chi connectivity index (χ0v) is 4.76. The first-order valence-corrected chi connectivity index (χ1v) is 3.29. The second kappa shape index (κ2) is 16.5. The van der Waals surface area contributed by atoms with Crippen molar-refractivity contribution >= 4 is 126 Å². The summed E-state index contributed by atoms with van der Waals surface area (Å²) in [7, 11) is -4.17. The van der Waals surface area contributed by atoms with Gasteiger partial charge in [0.15, 0.2) is 0 Å². The van der Waals surface area contributed by atoms with Gasteiger partial charge in [-0.1, -0.05) is 0 Å². The monoisotopic (exact) mass is 222 g/mol. The van der Waals surface area contributed by atoms with Crippen LogP contribution in [0.15, 0.2) is 0 Å². The summed E-state index contributed by atoms with van der Waals surface area (Å²) in [4.78, 5) is 15.8. The molecule has 0 aliphatic rings. The Labute approximate surface area is 155 Å². The molecule has 0 aromatic carbocycles. The molecule has 0 fully saturated rings. The van der Waals surface area contributed by atoms with Gasteiger partial charge in [-0.2, -0.15) is 0 Å². The zero-order chi connectivity index (χ0) is 5.91. The Hall–Kier alpha value is 4.11. The van der Waals surface area contributed by atoms with Crippen LogP contribution in [0.2, 0.25) is 0 Å². The Balaban J connectivity index is -0.0000000300. The average molecular weight is 222 g/mol. The van der Waals surface area contributed by atoms with Crippen LogP contribution >= 0.6 is 7.82 Å². The van der Waals surface area contributed by atoms with Crippen molar-refractivity contribution in [1.82, 2.24) is 0 Å². The fraction of sp³-hybridized carbons (Fsp3) is 1.00. The SMILES string of the molecule is CCOP(=O)(O)O.[NaH].[NaH].[NaH].[NaH]. The molecular weight excluding hydrogens is 211 g/mol. The molecule has 0 unspecified atom stereocenters. The molecule has 0 aromatic heterocycles. The molecule has 0 amide bonds. The molecule has 4 nitrogen and oxygen atoms in total. The topological polar surface area (TPSA) is 66.8 Å². The fourth-order valence-electron chi connectivity index (χ4n) is 0.168. The van der Waals surface area contributed by atoms with Gasteiger partial charge in [-0.3, -0.25) is 4.52 Å². The first-order valence-electron chi connectivity index (χ1n) is 1.76. The van der Waals surface area contributed by atoms with E-state index in [4.69, 9.17) is 9.79 Å². The molecule has 0 aliphatic heterocycles. The van der Waals surface area contributed by atoms with E-state index < -0.39 is 7.82 Å². The summed E-state index contributed by atoms with van der Waals surface area (Å²) in [5.74, 6) is 0. The van der Waals surface area contributed by atoms with Gasteiger partial charge in [0, 0.05) is 0 Å². The summed E-state index contributed by atoms with van der Waals surface area (Å²) in [5, 5.41) is 0. The van der Waals surface area contributed by atoms with E-state index in [1.54, 1.807) is 0 Å². The number of phosphoric ester groups is 1. The van der Waals surface area contributed by atoms with Gasteiger partial charge >= 0.3 is 126 Å². The van der Waals surface area contributed by atoms with Crippen LogP contribution in [0.25, 0.3) is 0 Å². The van der Waals surface area contributed by atoms with Crippen molar-refractivity contribution in [2.24, 2.45) is 0 Å². The minimum absolute atomic E-state index is 0. The molecule has 0 spiro atoms. The van der Waals surface area contributed by atoms with E-state index in [1.165, 1.54) is 6.92 Å². The van der Waals surface area contributed by atoms with Gasteiger partial charge in [-0.05, 0) is 6.92 Å². The van der Waals surface area contributed by atoms with Crippen molar-refractivity contribution in [2.75, 3.05) is 6.61 Å². The van der Waals surface area contributed by atoms with Crippen molar-refractivity contribution in [2.45, 2.75) is 6.92 Å². The van der Waals surface area contributed by atoms with Crippen molar-refractivity contribution in [3.8, 4) is 0 Å². The summed E-state index contributed by atoms with van der Waals surface area (Å²) in [6.45, 7) is 1.56. The molecule has 11 heavy (non-hydrogen) atoms. The molecule has 0 saturated carbocycles. The standard InChI is InChI=1S/C2H7O4P.4Na.4H/c1-2-6-7(3,4)5;;;;;;;;/h2H2,1H3,(H2,3,4,5);;;;;;;;. The van der Waals surface area contributed by atoms with E-state index >= 15 is 0 Å². The predicted octanol–water partition coefficient (Wildman–Crippen LogP) is -2.48. The van der Waals surface area contributed by atoms with Crippen LogP contribution in [-0.4, -0.2) is 135 Å². The third-order valence-corrected chi connectivity index (χ3v) is 0.892. The van der Waals surface area contributed by atoms with E-state index in [0.717, 1.165) is 0 Å². The Kier molecular flexibility index (Phi) is 44.2. The van der Waals surface area contributed by atoms with Crippen molar-refractivity contribution in [3.63, 3.8) is 0 Å². The zero-order valence-electron chi connectivity index (χ0n) is 3.87. The van der Waals surface area contributed by atoms with E-state index in [-0.39, 0.29) is 125 Å². The molecule has 52 valence electrons. The van der Waals surface area contributed by atoms with Crippen LogP contribution < -0.4 is 0 Å². The summed E-state index contributed by atoms with van der Waals surface area (Å²) >= 11 is 0. The van der Waals surface area contributed by atoms with Crippen LogP contribution in [0.5, 0.6) is 0 Å². The third kappa shape index (κ3) is 31.5. The molecule has 2 N–H and O–H groups in total. The summed E-state index contributed by atoms with van der Waals surface area (Å²) in [6.07, 6.45) is 0. The first kappa shape index (κ1) is 29.4. The molecule has 0 aromatic rings. The molecule has 0 heterocycles. The van der Waals surface area contributed by atoms with Crippen LogP contribution in [-0.2, 0) is 9.09 Å². The van der Waals surface area contributed by atoms with Crippen LogP contribution in [0, 0.1) is 0 Å². The minimum atomic E-state index is -4.17. The normalized spacial score (nSPS) is 7.55. The molecule has 0 radical (unpaired) electrons. The second-order valence-electron chi connectivity index (χ2n) is 0.908. The average Bonchev–Trinajstić information content (AvgIpc) is 1.30. The number of phosphoric acid groups is 1. The van der Waals surface area contributed by atoms with Gasteiger partial charge in [-0.15, -0.1) is 0 Å². The van der Waals surface area contributed by atoms with Gasteiger partial charge in [-0.25, -0.2) is 4.57 Å². The third-order valence-electron chi connectivity index (χ3n) is 0.297. The molecule has 0 saturated heterocycles. The predicted molar refractivity (Wildman–Crippen MR) is 52.3 cm³/mol. The van der Waals surface area contributed by atoms with E-state index in [9.17, 15) is 4.57 Å². The molecule has 0 atom stereocenters. The van der Waals surface area contributed by atoms with E-state index in [1.807, 2.05) is 0 Å². The number of rotatable bonds is 2. The Bertz CT molecular complexity index is 94.1. The van der Waals surface area contributed by atoms with Crippen LogP contribution in [0.1, 0.15) is 6.92 Å². The molecule has 0 aliphatic carbocycles. The van der Waals surface area contributed by atoms with Gasteiger partial charge in [0.05, 0.1) is 6.61 Å². The molecule has 9 heteroatoms. The van der Waals surface area contributed by atoms with Crippen molar-refractivity contribution in [3.05, 3.63) is 0 Å². The van der Waals surface area contributed by atoms with E-state index in [0.29, 0.717) is 0 Å². The maximum atomic E-state index is 9.70. The number of hydrogen-bond donors (Lipinski definition) is 2. The van der Waals surface area contributed by atoms with Gasteiger partial charge in [0.25, 0.3) is 0 Å². The van der Waals surface area contributed by atoms with Gasteiger partial charge < -0.3 is 9.79 Å². The molecule has 0 bridgehead atoms. The fourth-order valence-corrected chi connectivity index (χ4v) is 0.505.